The van der Waals surface area contributed by atoms with E-state index in [1.807, 2.05) is 0 Å². The summed E-state index contributed by atoms with van der Waals surface area (Å²) in [4.78, 5) is 10.9. The van der Waals surface area contributed by atoms with Gasteiger partial charge in [0.05, 0.1) is 6.10 Å². The van der Waals surface area contributed by atoms with Gasteiger partial charge in [0.15, 0.2) is 0 Å². The smallest absolute Gasteiger partial charge is 0.246 e. The highest BCUT2D eigenvalue weighted by atomic mass is 16.5. The normalized spacial score (nSPS) is 22.6. The van der Waals surface area contributed by atoms with Crippen molar-refractivity contribution in [2.45, 2.75) is 18.9 Å². The first-order valence-electron chi connectivity index (χ1n) is 4.20. The van der Waals surface area contributed by atoms with Crippen LogP contribution in [0.1, 0.15) is 12.8 Å². The van der Waals surface area contributed by atoms with Gasteiger partial charge < -0.3 is 14.8 Å². The number of hydrogen-bond acceptors (Lipinski definition) is 3. The minimum atomic E-state index is -0.0759. The second-order valence-corrected chi connectivity index (χ2v) is 2.87. The fraction of sp³-hybridized carbons (Fsp3) is 0.875. The van der Waals surface area contributed by atoms with Gasteiger partial charge >= 0.3 is 0 Å². The Balaban J connectivity index is 2.03. The van der Waals surface area contributed by atoms with Crippen LogP contribution in [0.15, 0.2) is 0 Å². The molecule has 1 amide bonds. The molecule has 12 heavy (non-hydrogen) atoms. The second-order valence-electron chi connectivity index (χ2n) is 2.87. The van der Waals surface area contributed by atoms with Gasteiger partial charge in [-0.3, -0.25) is 4.79 Å². The topological polar surface area (TPSA) is 47.6 Å². The van der Waals surface area contributed by atoms with Crippen molar-refractivity contribution in [3.05, 3.63) is 0 Å². The van der Waals surface area contributed by atoms with E-state index in [1.54, 1.807) is 0 Å². The fourth-order valence-electron chi connectivity index (χ4n) is 1.22. The van der Waals surface area contributed by atoms with Crippen LogP contribution in [0.4, 0.5) is 0 Å². The average molecular weight is 173 g/mol. The molecule has 4 heteroatoms. The van der Waals surface area contributed by atoms with Crippen molar-refractivity contribution in [3.8, 4) is 0 Å². The summed E-state index contributed by atoms with van der Waals surface area (Å²) in [5.41, 5.74) is 0. The van der Waals surface area contributed by atoms with Crippen LogP contribution in [0.3, 0.4) is 0 Å². The molecule has 0 aliphatic carbocycles. The van der Waals surface area contributed by atoms with Crippen LogP contribution in [-0.4, -0.2) is 38.9 Å². The highest BCUT2D eigenvalue weighted by Gasteiger charge is 2.15. The summed E-state index contributed by atoms with van der Waals surface area (Å²) in [5.74, 6) is -0.0759. The Kier molecular flexibility index (Phi) is 4.04. The van der Waals surface area contributed by atoms with Crippen molar-refractivity contribution in [3.63, 3.8) is 0 Å². The molecule has 70 valence electrons. The summed E-state index contributed by atoms with van der Waals surface area (Å²) in [6, 6.07) is 0. The maximum absolute atomic E-state index is 10.9. The van der Waals surface area contributed by atoms with Crippen LogP contribution in [0.5, 0.6) is 0 Å². The van der Waals surface area contributed by atoms with Gasteiger partial charge in [0, 0.05) is 20.3 Å². The predicted molar refractivity (Wildman–Crippen MR) is 43.9 cm³/mol. The predicted octanol–water partition coefficient (Wildman–Crippen LogP) is -0.0720. The minimum absolute atomic E-state index is 0.0759. The Hall–Kier alpha value is -0.610. The minimum Gasteiger partial charge on any atom is -0.376 e. The zero-order chi connectivity index (χ0) is 8.81. The molecule has 0 radical (unpaired) electrons. The Morgan fingerprint density at radius 3 is 3.17 bits per heavy atom. The first-order chi connectivity index (χ1) is 5.83. The third kappa shape index (κ3) is 3.19. The molecule has 1 rings (SSSR count). The van der Waals surface area contributed by atoms with Crippen molar-refractivity contribution in [1.29, 1.82) is 0 Å². The van der Waals surface area contributed by atoms with E-state index in [9.17, 15) is 4.79 Å². The summed E-state index contributed by atoms with van der Waals surface area (Å²) in [6.07, 6.45) is 2.36. The molecule has 1 aliphatic rings. The van der Waals surface area contributed by atoms with Gasteiger partial charge in [-0.1, -0.05) is 0 Å². The Morgan fingerprint density at radius 2 is 2.58 bits per heavy atom. The molecule has 0 saturated carbocycles. The molecule has 0 aromatic carbocycles. The van der Waals surface area contributed by atoms with E-state index in [0.29, 0.717) is 6.54 Å². The molecule has 0 aromatic rings. The van der Waals surface area contributed by atoms with Crippen LogP contribution in [0.25, 0.3) is 0 Å². The number of methoxy groups -OCH3 is 1. The number of carbonyl (C=O) groups excluding carboxylic acids is 1. The maximum atomic E-state index is 10.9. The zero-order valence-electron chi connectivity index (χ0n) is 7.34. The summed E-state index contributed by atoms with van der Waals surface area (Å²) >= 11 is 0. The standard InChI is InChI=1S/C8H15NO3/c1-11-6-8(10)9-5-7-3-2-4-12-7/h7H,2-6H2,1H3,(H,9,10). The molecule has 1 N–H and O–H groups in total. The highest BCUT2D eigenvalue weighted by Crippen LogP contribution is 2.10. The van der Waals surface area contributed by atoms with E-state index in [-0.39, 0.29) is 18.6 Å². The molecule has 1 fully saturated rings. The second kappa shape index (κ2) is 5.11. The Morgan fingerprint density at radius 1 is 1.75 bits per heavy atom. The lowest BCUT2D eigenvalue weighted by atomic mass is 10.2. The Bertz CT molecular complexity index is 143. The molecule has 1 aliphatic heterocycles. The van der Waals surface area contributed by atoms with E-state index in [2.05, 4.69) is 10.1 Å². The van der Waals surface area contributed by atoms with Gasteiger partial charge in [0.2, 0.25) is 5.91 Å². The van der Waals surface area contributed by atoms with Crippen LogP contribution >= 0.6 is 0 Å². The number of nitrogens with one attached hydrogen (secondary N) is 1. The monoisotopic (exact) mass is 173 g/mol. The van der Waals surface area contributed by atoms with Gasteiger partial charge in [-0.25, -0.2) is 0 Å². The average Bonchev–Trinajstić information content (AvgIpc) is 2.53. The molecule has 4 nitrogen and oxygen atoms in total. The molecule has 0 aromatic heterocycles. The first-order valence-corrected chi connectivity index (χ1v) is 4.20. The lowest BCUT2D eigenvalue weighted by molar-refractivity contribution is -0.125. The zero-order valence-corrected chi connectivity index (χ0v) is 7.34. The summed E-state index contributed by atoms with van der Waals surface area (Å²) in [7, 11) is 1.51. The van der Waals surface area contributed by atoms with Gasteiger partial charge in [-0.2, -0.15) is 0 Å². The lowest BCUT2D eigenvalue weighted by Crippen LogP contribution is -2.33. The molecule has 0 spiro atoms. The van der Waals surface area contributed by atoms with Crippen molar-refractivity contribution in [2.24, 2.45) is 0 Å². The molecular formula is C8H15NO3. The van der Waals surface area contributed by atoms with Crippen LogP contribution in [0.2, 0.25) is 0 Å². The van der Waals surface area contributed by atoms with Crippen molar-refractivity contribution >= 4 is 5.91 Å². The quantitative estimate of drug-likeness (QED) is 0.647. The highest BCUT2D eigenvalue weighted by molar-refractivity contribution is 5.77. The van der Waals surface area contributed by atoms with E-state index in [0.717, 1.165) is 19.4 Å². The van der Waals surface area contributed by atoms with Crippen LogP contribution in [-0.2, 0) is 14.3 Å². The van der Waals surface area contributed by atoms with Gasteiger partial charge in [-0.15, -0.1) is 0 Å². The van der Waals surface area contributed by atoms with Crippen molar-refractivity contribution in [2.75, 3.05) is 26.9 Å². The molecule has 1 saturated heterocycles. The number of amides is 1. The van der Waals surface area contributed by atoms with Crippen LogP contribution < -0.4 is 5.32 Å². The molecule has 1 atom stereocenters. The molecule has 0 bridgehead atoms. The van der Waals surface area contributed by atoms with E-state index in [4.69, 9.17) is 4.74 Å². The summed E-state index contributed by atoms with van der Waals surface area (Å²) < 4.78 is 9.99. The van der Waals surface area contributed by atoms with Crippen LogP contribution in [0, 0.1) is 0 Å². The number of hydrogen-bond donors (Lipinski definition) is 1. The number of rotatable bonds is 4. The molecular weight excluding hydrogens is 158 g/mol. The van der Waals surface area contributed by atoms with E-state index in [1.165, 1.54) is 7.11 Å². The third-order valence-electron chi connectivity index (χ3n) is 1.83. The van der Waals surface area contributed by atoms with Crippen molar-refractivity contribution in [1.82, 2.24) is 5.32 Å². The van der Waals surface area contributed by atoms with Gasteiger partial charge in [0.25, 0.3) is 0 Å². The number of carbonyl (C=O) groups is 1. The third-order valence-corrected chi connectivity index (χ3v) is 1.83. The van der Waals surface area contributed by atoms with Crippen molar-refractivity contribution < 1.29 is 14.3 Å². The molecule has 1 heterocycles. The summed E-state index contributed by atoms with van der Waals surface area (Å²) in [5, 5.41) is 2.74. The van der Waals surface area contributed by atoms with Gasteiger partial charge in [0.1, 0.15) is 6.61 Å². The lowest BCUT2D eigenvalue weighted by Gasteiger charge is -2.09. The SMILES string of the molecule is COCC(=O)NCC1CCCO1. The molecule has 1 unspecified atom stereocenters. The van der Waals surface area contributed by atoms with E-state index >= 15 is 0 Å². The van der Waals surface area contributed by atoms with Gasteiger partial charge in [-0.05, 0) is 12.8 Å². The maximum Gasteiger partial charge on any atom is 0.246 e. The summed E-state index contributed by atoms with van der Waals surface area (Å²) in [6.45, 7) is 1.57. The first kappa shape index (κ1) is 9.48. The number of ether oxygens (including phenoxy) is 2. The Labute approximate surface area is 72.2 Å². The largest absolute Gasteiger partial charge is 0.376 e. The van der Waals surface area contributed by atoms with E-state index < -0.39 is 0 Å². The fourth-order valence-corrected chi connectivity index (χ4v) is 1.22.